The summed E-state index contributed by atoms with van der Waals surface area (Å²) < 4.78 is 5.12. The number of hydrogen-bond acceptors (Lipinski definition) is 4. The summed E-state index contributed by atoms with van der Waals surface area (Å²) in [5, 5.41) is 5.07. The first kappa shape index (κ1) is 20.0. The third-order valence-corrected chi connectivity index (χ3v) is 2.92. The van der Waals surface area contributed by atoms with Gasteiger partial charge in [0.05, 0.1) is 0 Å². The van der Waals surface area contributed by atoms with E-state index in [9.17, 15) is 14.4 Å². The molecule has 0 aliphatic carbocycles. The molecule has 0 saturated carbocycles. The zero-order valence-corrected chi connectivity index (χ0v) is 14.8. The van der Waals surface area contributed by atoms with Crippen molar-refractivity contribution in [2.45, 2.75) is 45.8 Å². The van der Waals surface area contributed by atoms with Gasteiger partial charge in [0.2, 0.25) is 5.91 Å². The molecule has 0 spiro atoms. The lowest BCUT2D eigenvalue weighted by atomic mass is 10.1. The largest absolute Gasteiger partial charge is 0.444 e. The van der Waals surface area contributed by atoms with E-state index in [1.54, 1.807) is 52.0 Å². The number of nitrogens with two attached hydrogens (primary N) is 1. The standard InChI is InChI=1S/C18H23N3O4/c1-5-6-15(22)20-13-9-7-12(8-10-13)11-14(16(19)23)21-17(24)25-18(2,3)4/h7-10,14H,11H2,1-4H3,(H2,19,23)(H,20,22)(H,21,24)/t14-/m0/s1. The van der Waals surface area contributed by atoms with Crippen molar-refractivity contribution < 1.29 is 19.1 Å². The van der Waals surface area contributed by atoms with E-state index in [1.165, 1.54) is 0 Å². The maximum absolute atomic E-state index is 11.8. The van der Waals surface area contributed by atoms with Gasteiger partial charge in [0.25, 0.3) is 5.91 Å². The van der Waals surface area contributed by atoms with Crippen molar-refractivity contribution in [1.29, 1.82) is 0 Å². The Labute approximate surface area is 147 Å². The van der Waals surface area contributed by atoms with Crippen LogP contribution in [0.5, 0.6) is 0 Å². The van der Waals surface area contributed by atoms with Crippen molar-refractivity contribution in [3.63, 3.8) is 0 Å². The first-order valence-corrected chi connectivity index (χ1v) is 7.72. The monoisotopic (exact) mass is 345 g/mol. The lowest BCUT2D eigenvalue weighted by Gasteiger charge is -2.22. The molecule has 25 heavy (non-hydrogen) atoms. The topological polar surface area (TPSA) is 111 Å². The Morgan fingerprint density at radius 3 is 2.28 bits per heavy atom. The number of nitrogens with one attached hydrogen (secondary N) is 2. The lowest BCUT2D eigenvalue weighted by molar-refractivity contribution is -0.120. The normalized spacial score (nSPS) is 11.5. The van der Waals surface area contributed by atoms with Gasteiger partial charge in [-0.3, -0.25) is 9.59 Å². The van der Waals surface area contributed by atoms with E-state index in [4.69, 9.17) is 10.5 Å². The van der Waals surface area contributed by atoms with E-state index >= 15 is 0 Å². The van der Waals surface area contributed by atoms with Crippen molar-refractivity contribution in [3.8, 4) is 11.8 Å². The highest BCUT2D eigenvalue weighted by atomic mass is 16.6. The molecule has 0 fully saturated rings. The second kappa shape index (κ2) is 8.73. The smallest absolute Gasteiger partial charge is 0.408 e. The van der Waals surface area contributed by atoms with Gasteiger partial charge in [0.15, 0.2) is 0 Å². The van der Waals surface area contributed by atoms with Crippen molar-refractivity contribution in [2.24, 2.45) is 5.73 Å². The molecule has 1 aromatic carbocycles. The van der Waals surface area contributed by atoms with Crippen LogP contribution in [0.1, 0.15) is 33.3 Å². The molecule has 4 N–H and O–H groups in total. The minimum Gasteiger partial charge on any atom is -0.444 e. The van der Waals surface area contributed by atoms with Gasteiger partial charge < -0.3 is 21.1 Å². The van der Waals surface area contributed by atoms with E-state index in [0.29, 0.717) is 5.69 Å². The maximum Gasteiger partial charge on any atom is 0.408 e. The molecule has 0 saturated heterocycles. The Kier molecular flexibility index (Phi) is 7.00. The first-order chi connectivity index (χ1) is 11.6. The van der Waals surface area contributed by atoms with E-state index in [1.807, 2.05) is 0 Å². The second-order valence-corrected chi connectivity index (χ2v) is 6.33. The molecule has 0 unspecified atom stereocenters. The van der Waals surface area contributed by atoms with E-state index in [2.05, 4.69) is 22.5 Å². The minimum atomic E-state index is -0.902. The highest BCUT2D eigenvalue weighted by Crippen LogP contribution is 2.12. The summed E-state index contributed by atoms with van der Waals surface area (Å²) in [5.41, 5.74) is 6.01. The molecule has 0 bridgehead atoms. The average molecular weight is 345 g/mol. The fraction of sp³-hybridized carbons (Fsp3) is 0.389. The van der Waals surface area contributed by atoms with Crippen LogP contribution >= 0.6 is 0 Å². The number of carbonyl (C=O) groups excluding carboxylic acids is 3. The number of rotatable bonds is 5. The number of alkyl carbamates (subject to hydrolysis) is 1. The highest BCUT2D eigenvalue weighted by molar-refractivity contribution is 6.03. The Hall–Kier alpha value is -3.01. The third kappa shape index (κ3) is 7.88. The predicted molar refractivity (Wildman–Crippen MR) is 94.6 cm³/mol. The first-order valence-electron chi connectivity index (χ1n) is 7.72. The molecule has 0 radical (unpaired) electrons. The number of benzene rings is 1. The molecule has 3 amide bonds. The quantitative estimate of drug-likeness (QED) is 0.703. The Bertz CT molecular complexity index is 694. The minimum absolute atomic E-state index is 0.206. The van der Waals surface area contributed by atoms with Crippen molar-refractivity contribution >= 4 is 23.6 Å². The summed E-state index contributed by atoms with van der Waals surface area (Å²) >= 11 is 0. The highest BCUT2D eigenvalue weighted by Gasteiger charge is 2.22. The van der Waals surface area contributed by atoms with Gasteiger partial charge in [-0.15, -0.1) is 0 Å². The Balaban J connectivity index is 2.72. The van der Waals surface area contributed by atoms with Gasteiger partial charge in [0.1, 0.15) is 11.6 Å². The molecule has 1 rings (SSSR count). The van der Waals surface area contributed by atoms with Crippen LogP contribution in [-0.4, -0.2) is 29.6 Å². The molecule has 1 atom stereocenters. The molecule has 1 aromatic rings. The molecule has 0 aliphatic rings. The van der Waals surface area contributed by atoms with Crippen LogP contribution < -0.4 is 16.4 Å². The van der Waals surface area contributed by atoms with E-state index in [0.717, 1.165) is 5.56 Å². The zero-order chi connectivity index (χ0) is 19.0. The van der Waals surface area contributed by atoms with Crippen LogP contribution in [0, 0.1) is 11.8 Å². The number of anilines is 1. The van der Waals surface area contributed by atoms with Crippen LogP contribution in [0.4, 0.5) is 10.5 Å². The average Bonchev–Trinajstić information content (AvgIpc) is 2.46. The third-order valence-electron chi connectivity index (χ3n) is 2.92. The summed E-state index contributed by atoms with van der Waals surface area (Å²) in [6.45, 7) is 6.75. The molecule has 0 aliphatic heterocycles. The molecule has 134 valence electrons. The SMILES string of the molecule is CC#CC(=O)Nc1ccc(C[C@H](NC(=O)OC(C)(C)C)C(N)=O)cc1. The van der Waals surface area contributed by atoms with Gasteiger partial charge in [0, 0.05) is 12.1 Å². The molecule has 0 aromatic heterocycles. The fourth-order valence-corrected chi connectivity index (χ4v) is 1.91. The summed E-state index contributed by atoms with van der Waals surface area (Å²) in [6.07, 6.45) is -0.504. The molecular weight excluding hydrogens is 322 g/mol. The number of amides is 3. The summed E-state index contributed by atoms with van der Waals surface area (Å²) in [6, 6.07) is 5.90. The van der Waals surface area contributed by atoms with Crippen molar-refractivity contribution in [3.05, 3.63) is 29.8 Å². The molecule has 0 heterocycles. The van der Waals surface area contributed by atoms with Crippen LogP contribution in [0.15, 0.2) is 24.3 Å². The maximum atomic E-state index is 11.8. The molecule has 7 nitrogen and oxygen atoms in total. The number of hydrogen-bond donors (Lipinski definition) is 3. The van der Waals surface area contributed by atoms with Crippen molar-refractivity contribution in [2.75, 3.05) is 5.32 Å². The van der Waals surface area contributed by atoms with Crippen LogP contribution in [0.2, 0.25) is 0 Å². The Morgan fingerprint density at radius 1 is 1.20 bits per heavy atom. The zero-order valence-electron chi connectivity index (χ0n) is 14.8. The summed E-state index contributed by atoms with van der Waals surface area (Å²) in [7, 11) is 0. The second-order valence-electron chi connectivity index (χ2n) is 6.33. The molecular formula is C18H23N3O4. The Morgan fingerprint density at radius 2 is 1.80 bits per heavy atom. The van der Waals surface area contributed by atoms with Crippen LogP contribution in [0.25, 0.3) is 0 Å². The van der Waals surface area contributed by atoms with Gasteiger partial charge in [-0.1, -0.05) is 18.1 Å². The number of primary amides is 1. The van der Waals surface area contributed by atoms with Gasteiger partial charge in [-0.25, -0.2) is 4.79 Å². The van der Waals surface area contributed by atoms with Crippen LogP contribution in [-0.2, 0) is 20.7 Å². The van der Waals surface area contributed by atoms with Crippen LogP contribution in [0.3, 0.4) is 0 Å². The lowest BCUT2D eigenvalue weighted by Crippen LogP contribution is -2.47. The van der Waals surface area contributed by atoms with Gasteiger partial charge >= 0.3 is 6.09 Å². The van der Waals surface area contributed by atoms with Crippen molar-refractivity contribution in [1.82, 2.24) is 5.32 Å². The molecule has 7 heteroatoms. The van der Waals surface area contributed by atoms with E-state index in [-0.39, 0.29) is 6.42 Å². The summed E-state index contributed by atoms with van der Waals surface area (Å²) in [4.78, 5) is 34.8. The summed E-state index contributed by atoms with van der Waals surface area (Å²) in [5.74, 6) is 3.81. The number of ether oxygens (including phenoxy) is 1. The fourth-order valence-electron chi connectivity index (χ4n) is 1.91. The van der Waals surface area contributed by atoms with E-state index < -0.39 is 29.6 Å². The van der Waals surface area contributed by atoms with Gasteiger partial charge in [-0.05, 0) is 51.3 Å². The van der Waals surface area contributed by atoms with Gasteiger partial charge in [-0.2, -0.15) is 0 Å². The predicted octanol–water partition coefficient (Wildman–Crippen LogP) is 1.57. The number of carbonyl (C=O) groups is 3.